The molecule has 0 spiro atoms. The van der Waals surface area contributed by atoms with Gasteiger partial charge >= 0.3 is 0 Å². The van der Waals surface area contributed by atoms with Crippen molar-refractivity contribution in [1.82, 2.24) is 4.90 Å². The van der Waals surface area contributed by atoms with E-state index in [1.54, 1.807) is 7.11 Å². The lowest BCUT2D eigenvalue weighted by molar-refractivity contribution is 0.225. The highest BCUT2D eigenvalue weighted by molar-refractivity contribution is 5.57. The average molecular weight is 220 g/mol. The molecule has 2 unspecified atom stereocenters. The molecule has 1 aromatic carbocycles. The zero-order chi connectivity index (χ0) is 11.7. The second-order valence-corrected chi connectivity index (χ2v) is 4.72. The molecule has 0 fully saturated rings. The largest absolute Gasteiger partial charge is 0.497 e. The van der Waals surface area contributed by atoms with E-state index >= 15 is 0 Å². The number of benzene rings is 1. The molecule has 1 aromatic rings. The number of methoxy groups -OCH3 is 1. The van der Waals surface area contributed by atoms with Crippen LogP contribution in [-0.4, -0.2) is 32.6 Å². The number of rotatable bonds is 2. The molecule has 0 saturated carbocycles. The monoisotopic (exact) mass is 220 g/mol. The van der Waals surface area contributed by atoms with E-state index in [2.05, 4.69) is 43.4 Å². The first-order valence-electron chi connectivity index (χ1n) is 5.71. The predicted molar refractivity (Wildman–Crippen MR) is 67.1 cm³/mol. The molecule has 0 aliphatic carbocycles. The molecule has 1 aliphatic heterocycles. The first kappa shape index (κ1) is 11.3. The molecule has 1 heterocycles. The van der Waals surface area contributed by atoms with Crippen LogP contribution in [0.25, 0.3) is 0 Å². The second kappa shape index (κ2) is 4.34. The number of hydrogen-bond acceptors (Lipinski definition) is 3. The summed E-state index contributed by atoms with van der Waals surface area (Å²) < 4.78 is 5.30. The first-order chi connectivity index (χ1) is 7.63. The van der Waals surface area contributed by atoms with Gasteiger partial charge in [0, 0.05) is 18.3 Å². The van der Waals surface area contributed by atoms with E-state index in [9.17, 15) is 0 Å². The minimum atomic E-state index is 0.464. The maximum Gasteiger partial charge on any atom is 0.119 e. The molecule has 16 heavy (non-hydrogen) atoms. The third kappa shape index (κ3) is 1.87. The summed E-state index contributed by atoms with van der Waals surface area (Å²) >= 11 is 0. The zero-order valence-electron chi connectivity index (χ0n) is 10.4. The smallest absolute Gasteiger partial charge is 0.119 e. The maximum absolute atomic E-state index is 5.30. The highest BCUT2D eigenvalue weighted by atomic mass is 16.5. The lowest BCUT2D eigenvalue weighted by atomic mass is 9.88. The summed E-state index contributed by atoms with van der Waals surface area (Å²) in [7, 11) is 5.98. The molecular weight excluding hydrogens is 200 g/mol. The molecule has 0 saturated heterocycles. The van der Waals surface area contributed by atoms with Crippen molar-refractivity contribution in [2.24, 2.45) is 5.92 Å². The summed E-state index contributed by atoms with van der Waals surface area (Å²) in [6, 6.07) is 6.72. The topological polar surface area (TPSA) is 24.5 Å². The van der Waals surface area contributed by atoms with Crippen LogP contribution in [0, 0.1) is 5.92 Å². The Morgan fingerprint density at radius 1 is 1.38 bits per heavy atom. The van der Waals surface area contributed by atoms with Gasteiger partial charge in [-0.2, -0.15) is 0 Å². The van der Waals surface area contributed by atoms with Gasteiger partial charge in [0.1, 0.15) is 5.75 Å². The third-order valence-corrected chi connectivity index (χ3v) is 3.29. The molecule has 3 heteroatoms. The Kier molecular flexibility index (Phi) is 3.06. The molecule has 88 valence electrons. The lowest BCUT2D eigenvalue weighted by Crippen LogP contribution is -2.34. The molecule has 1 N–H and O–H groups in total. The van der Waals surface area contributed by atoms with Gasteiger partial charge in [-0.1, -0.05) is 6.92 Å². The summed E-state index contributed by atoms with van der Waals surface area (Å²) in [4.78, 5) is 2.28. The Morgan fingerprint density at radius 3 is 2.75 bits per heavy atom. The number of hydrogen-bond donors (Lipinski definition) is 1. The molecule has 0 radical (unpaired) electrons. The number of anilines is 1. The number of ether oxygens (including phenoxy) is 1. The molecular formula is C13H20N2O. The predicted octanol–water partition coefficient (Wildman–Crippen LogP) is 2.36. The molecule has 0 bridgehead atoms. The van der Waals surface area contributed by atoms with E-state index in [1.165, 1.54) is 11.3 Å². The van der Waals surface area contributed by atoms with Crippen molar-refractivity contribution in [1.29, 1.82) is 0 Å². The van der Waals surface area contributed by atoms with Crippen molar-refractivity contribution >= 4 is 5.69 Å². The van der Waals surface area contributed by atoms with Gasteiger partial charge in [0.25, 0.3) is 0 Å². The highest BCUT2D eigenvalue weighted by Crippen LogP contribution is 2.38. The van der Waals surface area contributed by atoms with Crippen molar-refractivity contribution in [2.45, 2.75) is 13.0 Å². The summed E-state index contributed by atoms with van der Waals surface area (Å²) in [6.45, 7) is 3.31. The number of fused-ring (bicyclic) bond motifs is 1. The van der Waals surface area contributed by atoms with Crippen LogP contribution < -0.4 is 10.1 Å². The van der Waals surface area contributed by atoms with E-state index in [4.69, 9.17) is 4.74 Å². The molecule has 3 nitrogen and oxygen atoms in total. The molecule has 0 aromatic heterocycles. The Hall–Kier alpha value is -1.22. The summed E-state index contributed by atoms with van der Waals surface area (Å²) in [5, 5.41) is 3.47. The molecule has 1 aliphatic rings. The normalized spacial score (nSPS) is 23.8. The first-order valence-corrected chi connectivity index (χ1v) is 5.71. The van der Waals surface area contributed by atoms with Crippen LogP contribution in [0.5, 0.6) is 5.75 Å². The van der Waals surface area contributed by atoms with Gasteiger partial charge in [0.15, 0.2) is 0 Å². The van der Waals surface area contributed by atoms with Gasteiger partial charge in [-0.05, 0) is 43.8 Å². The van der Waals surface area contributed by atoms with Crippen LogP contribution in [0.1, 0.15) is 18.5 Å². The summed E-state index contributed by atoms with van der Waals surface area (Å²) in [5.41, 5.74) is 2.57. The van der Waals surface area contributed by atoms with Crippen molar-refractivity contribution in [3.63, 3.8) is 0 Å². The van der Waals surface area contributed by atoms with Crippen molar-refractivity contribution < 1.29 is 4.74 Å². The van der Waals surface area contributed by atoms with Crippen LogP contribution in [-0.2, 0) is 0 Å². The fourth-order valence-corrected chi connectivity index (χ4v) is 2.55. The minimum Gasteiger partial charge on any atom is -0.497 e. The van der Waals surface area contributed by atoms with Gasteiger partial charge in [-0.15, -0.1) is 0 Å². The Balaban J connectivity index is 2.44. The molecule has 2 atom stereocenters. The summed E-state index contributed by atoms with van der Waals surface area (Å²) in [5.74, 6) is 1.54. The minimum absolute atomic E-state index is 0.464. The fraction of sp³-hybridized carbons (Fsp3) is 0.538. The van der Waals surface area contributed by atoms with E-state index in [0.29, 0.717) is 12.0 Å². The van der Waals surface area contributed by atoms with Crippen molar-refractivity contribution in [3.8, 4) is 5.75 Å². The Morgan fingerprint density at radius 2 is 2.12 bits per heavy atom. The van der Waals surface area contributed by atoms with Crippen LogP contribution in [0.3, 0.4) is 0 Å². The van der Waals surface area contributed by atoms with Crippen LogP contribution in [0.4, 0.5) is 5.69 Å². The van der Waals surface area contributed by atoms with Crippen LogP contribution in [0.2, 0.25) is 0 Å². The zero-order valence-corrected chi connectivity index (χ0v) is 10.4. The fourth-order valence-electron chi connectivity index (χ4n) is 2.55. The Bertz CT molecular complexity index is 376. The van der Waals surface area contributed by atoms with Crippen molar-refractivity contribution in [3.05, 3.63) is 23.8 Å². The third-order valence-electron chi connectivity index (χ3n) is 3.29. The summed E-state index contributed by atoms with van der Waals surface area (Å²) in [6.07, 6.45) is 0. The van der Waals surface area contributed by atoms with Crippen molar-refractivity contribution in [2.75, 3.05) is 33.1 Å². The van der Waals surface area contributed by atoms with Gasteiger partial charge in [0.05, 0.1) is 7.11 Å². The van der Waals surface area contributed by atoms with Gasteiger partial charge in [0.2, 0.25) is 0 Å². The quantitative estimate of drug-likeness (QED) is 0.828. The van der Waals surface area contributed by atoms with E-state index in [1.807, 2.05) is 6.07 Å². The van der Waals surface area contributed by atoms with Gasteiger partial charge in [-0.3, -0.25) is 0 Å². The number of nitrogens with zero attached hydrogens (tertiary/aromatic N) is 1. The van der Waals surface area contributed by atoms with Crippen LogP contribution in [0.15, 0.2) is 18.2 Å². The molecule has 0 amide bonds. The maximum atomic E-state index is 5.30. The highest BCUT2D eigenvalue weighted by Gasteiger charge is 2.28. The lowest BCUT2D eigenvalue weighted by Gasteiger charge is -2.36. The van der Waals surface area contributed by atoms with Crippen LogP contribution >= 0.6 is 0 Å². The molecule has 2 rings (SSSR count). The average Bonchev–Trinajstić information content (AvgIpc) is 2.27. The second-order valence-electron chi connectivity index (χ2n) is 4.72. The van der Waals surface area contributed by atoms with E-state index < -0.39 is 0 Å². The Labute approximate surface area is 97.4 Å². The standard InChI is InChI=1S/C13H20N2O/c1-9-8-14-12-6-5-10(16-4)7-11(12)13(9)15(2)3/h5-7,9,13-14H,8H2,1-4H3. The van der Waals surface area contributed by atoms with Gasteiger partial charge < -0.3 is 15.0 Å². The number of nitrogens with one attached hydrogen (secondary N) is 1. The SMILES string of the molecule is COc1ccc2c(c1)C(N(C)C)C(C)CN2. The van der Waals surface area contributed by atoms with Gasteiger partial charge in [-0.25, -0.2) is 0 Å². The van der Waals surface area contributed by atoms with E-state index in [0.717, 1.165) is 12.3 Å². The van der Waals surface area contributed by atoms with E-state index in [-0.39, 0.29) is 0 Å².